The second-order valence-corrected chi connectivity index (χ2v) is 6.93. The summed E-state index contributed by atoms with van der Waals surface area (Å²) in [5.41, 5.74) is 2.98. The summed E-state index contributed by atoms with van der Waals surface area (Å²) in [6.07, 6.45) is 8.79. The lowest BCUT2D eigenvalue weighted by Crippen LogP contribution is -2.44. The van der Waals surface area contributed by atoms with Gasteiger partial charge in [-0.25, -0.2) is 0 Å². The number of benzene rings is 1. The zero-order chi connectivity index (χ0) is 14.4. The number of H-pyrrole nitrogens is 1. The van der Waals surface area contributed by atoms with Gasteiger partial charge in [-0.2, -0.15) is 0 Å². The van der Waals surface area contributed by atoms with E-state index in [1.807, 2.05) is 6.07 Å². The number of ether oxygens (including phenoxy) is 1. The molecule has 1 atom stereocenters. The second-order valence-electron chi connectivity index (χ2n) is 6.93. The molecule has 1 aromatic heterocycles. The standard InChI is InChI=1S/C18H24N2O/c1-18(8-3-9-20(18)14-4-5-14)11-13-12-19-17-7-6-15(21-2)10-16(13)17/h6-7,10,12,14,19H,3-5,8-9,11H2,1-2H3/t18-/m1/s1. The van der Waals surface area contributed by atoms with Gasteiger partial charge < -0.3 is 9.72 Å². The Morgan fingerprint density at radius 3 is 3.00 bits per heavy atom. The zero-order valence-corrected chi connectivity index (χ0v) is 13.0. The van der Waals surface area contributed by atoms with E-state index in [-0.39, 0.29) is 0 Å². The summed E-state index contributed by atoms with van der Waals surface area (Å²) in [7, 11) is 1.74. The maximum atomic E-state index is 5.39. The Morgan fingerprint density at radius 2 is 2.24 bits per heavy atom. The van der Waals surface area contributed by atoms with Gasteiger partial charge in [0.1, 0.15) is 5.75 Å². The highest BCUT2D eigenvalue weighted by Gasteiger charge is 2.44. The first-order chi connectivity index (χ1) is 10.2. The summed E-state index contributed by atoms with van der Waals surface area (Å²) >= 11 is 0. The van der Waals surface area contributed by atoms with Gasteiger partial charge in [-0.05, 0) is 69.3 Å². The molecule has 2 aliphatic rings. The summed E-state index contributed by atoms with van der Waals surface area (Å²) in [5, 5.41) is 1.32. The van der Waals surface area contributed by atoms with Crippen LogP contribution in [-0.4, -0.2) is 35.1 Å². The van der Waals surface area contributed by atoms with Crippen LogP contribution in [0.1, 0.15) is 38.2 Å². The van der Waals surface area contributed by atoms with E-state index in [2.05, 4.69) is 35.1 Å². The molecule has 21 heavy (non-hydrogen) atoms. The van der Waals surface area contributed by atoms with Crippen molar-refractivity contribution in [3.63, 3.8) is 0 Å². The number of fused-ring (bicyclic) bond motifs is 1. The van der Waals surface area contributed by atoms with Crippen molar-refractivity contribution in [2.75, 3.05) is 13.7 Å². The van der Waals surface area contributed by atoms with Crippen molar-refractivity contribution < 1.29 is 4.74 Å². The van der Waals surface area contributed by atoms with E-state index < -0.39 is 0 Å². The van der Waals surface area contributed by atoms with Gasteiger partial charge in [0.25, 0.3) is 0 Å². The molecule has 3 nitrogen and oxygen atoms in total. The number of rotatable bonds is 4. The Kier molecular flexibility index (Phi) is 3.00. The van der Waals surface area contributed by atoms with Crippen LogP contribution in [0.5, 0.6) is 5.75 Å². The van der Waals surface area contributed by atoms with Crippen LogP contribution in [0.3, 0.4) is 0 Å². The third kappa shape index (κ3) is 2.24. The van der Waals surface area contributed by atoms with Crippen LogP contribution in [0.25, 0.3) is 10.9 Å². The molecular weight excluding hydrogens is 260 g/mol. The summed E-state index contributed by atoms with van der Waals surface area (Å²) in [6, 6.07) is 7.17. The molecule has 112 valence electrons. The minimum absolute atomic E-state index is 0.333. The number of hydrogen-bond donors (Lipinski definition) is 1. The lowest BCUT2D eigenvalue weighted by Gasteiger charge is -2.35. The number of aromatic nitrogens is 1. The van der Waals surface area contributed by atoms with Crippen LogP contribution in [0, 0.1) is 0 Å². The van der Waals surface area contributed by atoms with Crippen molar-refractivity contribution in [2.45, 2.75) is 50.6 Å². The lowest BCUT2D eigenvalue weighted by molar-refractivity contribution is 0.146. The van der Waals surface area contributed by atoms with E-state index in [0.717, 1.165) is 18.2 Å². The monoisotopic (exact) mass is 284 g/mol. The van der Waals surface area contributed by atoms with E-state index in [1.165, 1.54) is 48.7 Å². The molecule has 1 aromatic carbocycles. The topological polar surface area (TPSA) is 28.3 Å². The molecule has 3 heteroatoms. The van der Waals surface area contributed by atoms with Crippen molar-refractivity contribution >= 4 is 10.9 Å². The van der Waals surface area contributed by atoms with E-state index in [4.69, 9.17) is 4.74 Å². The summed E-state index contributed by atoms with van der Waals surface area (Å²) < 4.78 is 5.39. The van der Waals surface area contributed by atoms with Crippen molar-refractivity contribution in [3.05, 3.63) is 30.0 Å². The molecule has 1 saturated heterocycles. The molecule has 2 heterocycles. The highest BCUT2D eigenvalue weighted by Crippen LogP contribution is 2.42. The van der Waals surface area contributed by atoms with E-state index >= 15 is 0 Å². The Bertz CT molecular complexity index is 658. The van der Waals surface area contributed by atoms with Gasteiger partial charge in [-0.15, -0.1) is 0 Å². The first-order valence-electron chi connectivity index (χ1n) is 8.10. The summed E-state index contributed by atoms with van der Waals surface area (Å²) in [6.45, 7) is 3.74. The Hall–Kier alpha value is -1.48. The maximum absolute atomic E-state index is 5.39. The lowest BCUT2D eigenvalue weighted by atomic mass is 9.90. The van der Waals surface area contributed by atoms with Crippen molar-refractivity contribution in [2.24, 2.45) is 0 Å². The highest BCUT2D eigenvalue weighted by molar-refractivity contribution is 5.84. The molecule has 0 bridgehead atoms. The normalized spacial score (nSPS) is 26.6. The second kappa shape index (κ2) is 4.77. The van der Waals surface area contributed by atoms with Crippen molar-refractivity contribution in [3.8, 4) is 5.75 Å². The molecule has 0 unspecified atom stereocenters. The Balaban J connectivity index is 1.67. The fraction of sp³-hybridized carbons (Fsp3) is 0.556. The minimum atomic E-state index is 0.333. The quantitative estimate of drug-likeness (QED) is 0.926. The molecule has 0 amide bonds. The van der Waals surface area contributed by atoms with E-state index in [0.29, 0.717) is 5.54 Å². The summed E-state index contributed by atoms with van der Waals surface area (Å²) in [4.78, 5) is 6.19. The molecule has 2 fully saturated rings. The Labute approximate surface area is 126 Å². The Morgan fingerprint density at radius 1 is 1.38 bits per heavy atom. The number of methoxy groups -OCH3 is 1. The smallest absolute Gasteiger partial charge is 0.119 e. The first-order valence-corrected chi connectivity index (χ1v) is 8.10. The van der Waals surface area contributed by atoms with E-state index in [9.17, 15) is 0 Å². The molecular formula is C18H24N2O. The van der Waals surface area contributed by atoms with Gasteiger partial charge in [0.15, 0.2) is 0 Å². The average Bonchev–Trinajstić information content (AvgIpc) is 3.16. The number of hydrogen-bond acceptors (Lipinski definition) is 2. The van der Waals surface area contributed by atoms with Crippen molar-refractivity contribution in [1.82, 2.24) is 9.88 Å². The van der Waals surface area contributed by atoms with Gasteiger partial charge in [-0.1, -0.05) is 0 Å². The van der Waals surface area contributed by atoms with Crippen LogP contribution in [0.2, 0.25) is 0 Å². The summed E-state index contributed by atoms with van der Waals surface area (Å²) in [5.74, 6) is 0.943. The van der Waals surface area contributed by atoms with Crippen molar-refractivity contribution in [1.29, 1.82) is 0 Å². The van der Waals surface area contributed by atoms with Crippen LogP contribution >= 0.6 is 0 Å². The first kappa shape index (κ1) is 13.2. The van der Waals surface area contributed by atoms with Crippen LogP contribution < -0.4 is 4.74 Å². The van der Waals surface area contributed by atoms with Gasteiger partial charge in [0.2, 0.25) is 0 Å². The van der Waals surface area contributed by atoms with Gasteiger partial charge in [-0.3, -0.25) is 4.90 Å². The van der Waals surface area contributed by atoms with Gasteiger partial charge >= 0.3 is 0 Å². The van der Waals surface area contributed by atoms with Gasteiger partial charge in [0, 0.05) is 28.7 Å². The SMILES string of the molecule is COc1ccc2[nH]cc(C[C@@]3(C)CCCN3C3CC3)c2c1. The fourth-order valence-corrected chi connectivity index (χ4v) is 4.08. The minimum Gasteiger partial charge on any atom is -0.497 e. The predicted molar refractivity (Wildman–Crippen MR) is 85.9 cm³/mol. The maximum Gasteiger partial charge on any atom is 0.119 e. The molecule has 0 radical (unpaired) electrons. The molecule has 4 rings (SSSR count). The molecule has 2 aromatic rings. The largest absolute Gasteiger partial charge is 0.497 e. The molecule has 1 N–H and O–H groups in total. The number of likely N-dealkylation sites (tertiary alicyclic amines) is 1. The van der Waals surface area contributed by atoms with Gasteiger partial charge in [0.05, 0.1) is 7.11 Å². The fourth-order valence-electron chi connectivity index (χ4n) is 4.08. The predicted octanol–water partition coefficient (Wildman–Crippen LogP) is 3.74. The van der Waals surface area contributed by atoms with Crippen LogP contribution in [-0.2, 0) is 6.42 Å². The number of nitrogens with one attached hydrogen (secondary N) is 1. The van der Waals surface area contributed by atoms with E-state index in [1.54, 1.807) is 7.11 Å². The third-order valence-corrected chi connectivity index (χ3v) is 5.34. The molecule has 1 aliphatic carbocycles. The number of aromatic amines is 1. The third-order valence-electron chi connectivity index (χ3n) is 5.34. The zero-order valence-electron chi connectivity index (χ0n) is 13.0. The highest BCUT2D eigenvalue weighted by atomic mass is 16.5. The molecule has 1 aliphatic heterocycles. The van der Waals surface area contributed by atoms with Crippen LogP contribution in [0.4, 0.5) is 0 Å². The molecule has 1 saturated carbocycles. The number of nitrogens with zero attached hydrogens (tertiary/aromatic N) is 1. The molecule has 0 spiro atoms. The average molecular weight is 284 g/mol. The van der Waals surface area contributed by atoms with Crippen LogP contribution in [0.15, 0.2) is 24.4 Å².